The highest BCUT2D eigenvalue weighted by molar-refractivity contribution is 7.21. The van der Waals surface area contributed by atoms with E-state index in [4.69, 9.17) is 4.74 Å². The number of ether oxygens (including phenoxy) is 1. The van der Waals surface area contributed by atoms with E-state index in [1.165, 1.54) is 17.4 Å². The van der Waals surface area contributed by atoms with Gasteiger partial charge >= 0.3 is 5.97 Å². The molecule has 0 saturated carbocycles. The Labute approximate surface area is 179 Å². The van der Waals surface area contributed by atoms with Gasteiger partial charge in [-0.25, -0.2) is 9.18 Å². The van der Waals surface area contributed by atoms with E-state index in [1.807, 2.05) is 38.1 Å². The van der Waals surface area contributed by atoms with E-state index in [1.54, 1.807) is 19.1 Å². The number of hydrogen-bond donors (Lipinski definition) is 2. The predicted octanol–water partition coefficient (Wildman–Crippen LogP) is 4.90. The molecule has 0 saturated heterocycles. The molecule has 5 nitrogen and oxygen atoms in total. The molecule has 0 aliphatic rings. The first-order chi connectivity index (χ1) is 14.4. The number of fused-ring (bicyclic) bond motifs is 1. The second-order valence-corrected chi connectivity index (χ2v) is 8.24. The van der Waals surface area contributed by atoms with Crippen LogP contribution in [0.4, 0.5) is 10.1 Å². The van der Waals surface area contributed by atoms with Gasteiger partial charge in [-0.05, 0) is 50.6 Å². The van der Waals surface area contributed by atoms with E-state index in [0.717, 1.165) is 11.3 Å². The topological polar surface area (TPSA) is 67.4 Å². The van der Waals surface area contributed by atoms with Crippen LogP contribution in [0.2, 0.25) is 0 Å². The quantitative estimate of drug-likeness (QED) is 0.501. The van der Waals surface area contributed by atoms with Crippen molar-refractivity contribution in [3.8, 4) is 0 Å². The maximum atomic E-state index is 14.5. The molecule has 158 valence electrons. The molecule has 3 rings (SSSR count). The molecule has 1 amide bonds. The van der Waals surface area contributed by atoms with Gasteiger partial charge in [-0.3, -0.25) is 4.79 Å². The largest absolute Gasteiger partial charge is 0.462 e. The van der Waals surface area contributed by atoms with Crippen molar-refractivity contribution in [3.05, 3.63) is 64.3 Å². The van der Waals surface area contributed by atoms with Crippen molar-refractivity contribution < 1.29 is 18.7 Å². The Morgan fingerprint density at radius 3 is 2.53 bits per heavy atom. The Balaban J connectivity index is 1.77. The van der Waals surface area contributed by atoms with E-state index < -0.39 is 5.97 Å². The van der Waals surface area contributed by atoms with Gasteiger partial charge in [0.2, 0.25) is 5.91 Å². The lowest BCUT2D eigenvalue weighted by molar-refractivity contribution is -0.120. The summed E-state index contributed by atoms with van der Waals surface area (Å²) in [6, 6.07) is 12.4. The van der Waals surface area contributed by atoms with E-state index >= 15 is 0 Å². The number of esters is 1. The minimum absolute atomic E-state index is 0.0231. The summed E-state index contributed by atoms with van der Waals surface area (Å²) in [7, 11) is 0. The van der Waals surface area contributed by atoms with E-state index in [-0.39, 0.29) is 30.9 Å². The van der Waals surface area contributed by atoms with Gasteiger partial charge in [0.1, 0.15) is 10.7 Å². The average Bonchev–Trinajstić information content (AvgIpc) is 3.07. The highest BCUT2D eigenvalue weighted by Gasteiger charge is 2.21. The zero-order valence-electron chi connectivity index (χ0n) is 17.3. The first-order valence-corrected chi connectivity index (χ1v) is 10.7. The van der Waals surface area contributed by atoms with Crippen LogP contribution in [0.1, 0.15) is 41.6 Å². The number of hydrogen-bond acceptors (Lipinski definition) is 5. The third kappa shape index (κ3) is 5.16. The number of carbonyl (C=O) groups is 2. The number of halogens is 1. The minimum atomic E-state index is -0.443. The monoisotopic (exact) mass is 428 g/mol. The van der Waals surface area contributed by atoms with Gasteiger partial charge in [0.05, 0.1) is 13.0 Å². The summed E-state index contributed by atoms with van der Waals surface area (Å²) in [5.74, 6) is -0.825. The smallest absolute Gasteiger partial charge is 0.348 e. The van der Waals surface area contributed by atoms with Crippen LogP contribution in [0.25, 0.3) is 10.1 Å². The summed E-state index contributed by atoms with van der Waals surface area (Å²) in [6.07, 6.45) is 0.311. The molecule has 1 aromatic heterocycles. The lowest BCUT2D eigenvalue weighted by atomic mass is 10.1. The summed E-state index contributed by atoms with van der Waals surface area (Å²) >= 11 is 1.24. The zero-order chi connectivity index (χ0) is 21.7. The van der Waals surface area contributed by atoms with Gasteiger partial charge in [-0.1, -0.05) is 18.2 Å². The lowest BCUT2D eigenvalue weighted by Gasteiger charge is -2.10. The number of benzene rings is 2. The Hall–Kier alpha value is -2.93. The summed E-state index contributed by atoms with van der Waals surface area (Å²) in [4.78, 5) is 24.7. The van der Waals surface area contributed by atoms with Crippen LogP contribution in [0.15, 0.2) is 42.5 Å². The fraction of sp³-hybridized carbons (Fsp3) is 0.304. The fourth-order valence-corrected chi connectivity index (χ4v) is 4.32. The SMILES string of the molecule is CCOC(=O)c1sc2cccc(F)c2c1CNc1ccc(CC(=O)NC(C)C)cc1. The number of thiophene rings is 1. The third-order valence-electron chi connectivity index (χ3n) is 4.46. The molecule has 2 N–H and O–H groups in total. The average molecular weight is 429 g/mol. The summed E-state index contributed by atoms with van der Waals surface area (Å²) in [5, 5.41) is 6.56. The second-order valence-electron chi connectivity index (χ2n) is 7.19. The first-order valence-electron chi connectivity index (χ1n) is 9.88. The molecule has 1 heterocycles. The first kappa shape index (κ1) is 21.8. The highest BCUT2D eigenvalue weighted by Crippen LogP contribution is 2.34. The molecular formula is C23H25FN2O3S. The van der Waals surface area contributed by atoms with Crippen LogP contribution in [0, 0.1) is 5.82 Å². The lowest BCUT2D eigenvalue weighted by Crippen LogP contribution is -2.31. The second kappa shape index (κ2) is 9.71. The van der Waals surface area contributed by atoms with Gasteiger partial charge in [0, 0.05) is 33.9 Å². The number of rotatable bonds is 8. The van der Waals surface area contributed by atoms with Crippen molar-refractivity contribution in [2.75, 3.05) is 11.9 Å². The number of amides is 1. The van der Waals surface area contributed by atoms with E-state index in [2.05, 4.69) is 10.6 Å². The van der Waals surface area contributed by atoms with Gasteiger partial charge in [0.25, 0.3) is 0 Å². The standard InChI is InChI=1S/C23H25FN2O3S/c1-4-29-23(28)22-17(21-18(24)6-5-7-19(21)30-22)13-25-16-10-8-15(9-11-16)12-20(27)26-14(2)3/h5-11,14,25H,4,12-13H2,1-3H3,(H,26,27). The molecule has 0 radical (unpaired) electrons. The molecule has 0 bridgehead atoms. The van der Waals surface area contributed by atoms with E-state index in [0.29, 0.717) is 26.9 Å². The Bertz CT molecular complexity index is 1040. The summed E-state index contributed by atoms with van der Waals surface area (Å²) in [6.45, 7) is 6.13. The van der Waals surface area contributed by atoms with Gasteiger partial charge in [-0.15, -0.1) is 11.3 Å². The Morgan fingerprint density at radius 1 is 1.13 bits per heavy atom. The fourth-order valence-electron chi connectivity index (χ4n) is 3.19. The summed E-state index contributed by atoms with van der Waals surface area (Å²) < 4.78 is 20.4. The van der Waals surface area contributed by atoms with Crippen LogP contribution >= 0.6 is 11.3 Å². The van der Waals surface area contributed by atoms with Crippen molar-refractivity contribution in [2.24, 2.45) is 0 Å². The number of nitrogens with one attached hydrogen (secondary N) is 2. The molecule has 0 spiro atoms. The van der Waals surface area contributed by atoms with Crippen LogP contribution in [-0.2, 0) is 22.5 Å². The van der Waals surface area contributed by atoms with Crippen LogP contribution in [0.5, 0.6) is 0 Å². The summed E-state index contributed by atoms with van der Waals surface area (Å²) in [5.41, 5.74) is 2.30. The molecular weight excluding hydrogens is 403 g/mol. The maximum Gasteiger partial charge on any atom is 0.348 e. The predicted molar refractivity (Wildman–Crippen MR) is 118 cm³/mol. The zero-order valence-corrected chi connectivity index (χ0v) is 18.1. The normalized spacial score (nSPS) is 11.0. The molecule has 0 unspecified atom stereocenters. The van der Waals surface area contributed by atoms with Crippen LogP contribution < -0.4 is 10.6 Å². The highest BCUT2D eigenvalue weighted by atomic mass is 32.1. The molecule has 0 fully saturated rings. The molecule has 3 aromatic rings. The molecule has 0 aliphatic heterocycles. The molecule has 0 atom stereocenters. The van der Waals surface area contributed by atoms with Gasteiger partial charge in [-0.2, -0.15) is 0 Å². The third-order valence-corrected chi connectivity index (χ3v) is 5.64. The molecule has 2 aromatic carbocycles. The van der Waals surface area contributed by atoms with Crippen molar-refractivity contribution in [3.63, 3.8) is 0 Å². The van der Waals surface area contributed by atoms with Crippen molar-refractivity contribution in [1.29, 1.82) is 0 Å². The van der Waals surface area contributed by atoms with Crippen molar-refractivity contribution in [2.45, 2.75) is 39.8 Å². The molecule has 0 aliphatic carbocycles. The van der Waals surface area contributed by atoms with Crippen LogP contribution in [-0.4, -0.2) is 24.5 Å². The molecule has 7 heteroatoms. The molecule has 30 heavy (non-hydrogen) atoms. The van der Waals surface area contributed by atoms with Crippen molar-refractivity contribution >= 4 is 39.0 Å². The minimum Gasteiger partial charge on any atom is -0.462 e. The maximum absolute atomic E-state index is 14.5. The number of anilines is 1. The van der Waals surface area contributed by atoms with Crippen LogP contribution in [0.3, 0.4) is 0 Å². The van der Waals surface area contributed by atoms with E-state index in [9.17, 15) is 14.0 Å². The Kier molecular flexibility index (Phi) is 7.05. The van der Waals surface area contributed by atoms with Gasteiger partial charge < -0.3 is 15.4 Å². The van der Waals surface area contributed by atoms with Crippen molar-refractivity contribution in [1.82, 2.24) is 5.32 Å². The number of carbonyl (C=O) groups excluding carboxylic acids is 2. The van der Waals surface area contributed by atoms with Gasteiger partial charge in [0.15, 0.2) is 0 Å². The Morgan fingerprint density at radius 2 is 1.87 bits per heavy atom.